The number of pyridine rings is 1. The van der Waals surface area contributed by atoms with E-state index in [-0.39, 0.29) is 29.1 Å². The molecule has 1 aromatic carbocycles. The predicted molar refractivity (Wildman–Crippen MR) is 114 cm³/mol. The van der Waals surface area contributed by atoms with E-state index in [0.29, 0.717) is 30.1 Å². The number of hydrogen-bond donors (Lipinski definition) is 0. The number of carbonyl (C=O) groups is 1. The summed E-state index contributed by atoms with van der Waals surface area (Å²) >= 11 is 1.41. The zero-order valence-electron chi connectivity index (χ0n) is 16.8. The molecule has 0 spiro atoms. The lowest BCUT2D eigenvalue weighted by atomic mass is 9.80. The molecular formula is C23H19F3N2O3S. The fourth-order valence-corrected chi connectivity index (χ4v) is 5.51. The number of nitrogens with zero attached hydrogens (tertiary/aromatic N) is 2. The minimum absolute atomic E-state index is 0.00312. The van der Waals surface area contributed by atoms with Gasteiger partial charge in [0.1, 0.15) is 5.75 Å². The van der Waals surface area contributed by atoms with E-state index in [9.17, 15) is 22.8 Å². The van der Waals surface area contributed by atoms with Crippen molar-refractivity contribution < 1.29 is 22.7 Å². The number of amides is 1. The lowest BCUT2D eigenvalue weighted by Gasteiger charge is -2.43. The summed E-state index contributed by atoms with van der Waals surface area (Å²) in [6.07, 6.45) is -3.89. The molecule has 2 aliphatic rings. The van der Waals surface area contributed by atoms with Crippen molar-refractivity contribution in [2.24, 2.45) is 5.92 Å². The van der Waals surface area contributed by atoms with Crippen LogP contribution in [0.4, 0.5) is 13.2 Å². The second-order valence-corrected chi connectivity index (χ2v) is 9.09. The van der Waals surface area contributed by atoms with Crippen molar-refractivity contribution in [3.05, 3.63) is 74.8 Å². The van der Waals surface area contributed by atoms with Crippen molar-refractivity contribution in [1.29, 1.82) is 0 Å². The zero-order chi connectivity index (χ0) is 22.5. The molecule has 1 fully saturated rings. The highest BCUT2D eigenvalue weighted by atomic mass is 32.1. The van der Waals surface area contributed by atoms with E-state index < -0.39 is 6.36 Å². The highest BCUT2D eigenvalue weighted by Crippen LogP contribution is 2.40. The van der Waals surface area contributed by atoms with Crippen molar-refractivity contribution in [3.8, 4) is 16.9 Å². The third-order valence-electron chi connectivity index (χ3n) is 6.01. The Kier molecular flexibility index (Phi) is 5.08. The molecule has 32 heavy (non-hydrogen) atoms. The number of alkyl halides is 3. The van der Waals surface area contributed by atoms with Crippen LogP contribution >= 0.6 is 11.3 Å². The summed E-state index contributed by atoms with van der Waals surface area (Å²) in [4.78, 5) is 28.1. The number of halogens is 3. The maximum atomic E-state index is 12.9. The Morgan fingerprint density at radius 3 is 2.50 bits per heavy atom. The molecule has 4 heterocycles. The van der Waals surface area contributed by atoms with Crippen molar-refractivity contribution in [3.63, 3.8) is 0 Å². The second-order valence-electron chi connectivity index (χ2n) is 8.14. The summed E-state index contributed by atoms with van der Waals surface area (Å²) in [6.45, 7) is 1.62. The number of rotatable bonds is 3. The molecule has 1 amide bonds. The van der Waals surface area contributed by atoms with Crippen molar-refractivity contribution in [1.82, 2.24) is 9.47 Å². The third-order valence-corrected chi connectivity index (χ3v) is 6.87. The van der Waals surface area contributed by atoms with Gasteiger partial charge in [0.25, 0.3) is 11.5 Å². The third kappa shape index (κ3) is 3.92. The van der Waals surface area contributed by atoms with Gasteiger partial charge >= 0.3 is 6.36 Å². The maximum absolute atomic E-state index is 12.9. The van der Waals surface area contributed by atoms with E-state index in [1.807, 2.05) is 22.4 Å². The minimum Gasteiger partial charge on any atom is -0.406 e. The van der Waals surface area contributed by atoms with Gasteiger partial charge in [-0.25, -0.2) is 0 Å². The van der Waals surface area contributed by atoms with Crippen LogP contribution < -0.4 is 10.3 Å². The number of thiophene rings is 1. The molecule has 166 valence electrons. The van der Waals surface area contributed by atoms with Gasteiger partial charge in [0.2, 0.25) is 0 Å². The quantitative estimate of drug-likeness (QED) is 0.568. The number of aromatic nitrogens is 1. The minimum atomic E-state index is -4.75. The molecule has 0 N–H and O–H groups in total. The highest BCUT2D eigenvalue weighted by molar-refractivity contribution is 7.12. The van der Waals surface area contributed by atoms with E-state index in [2.05, 4.69) is 4.74 Å². The van der Waals surface area contributed by atoms with Gasteiger partial charge in [-0.2, -0.15) is 0 Å². The van der Waals surface area contributed by atoms with Gasteiger partial charge < -0.3 is 14.2 Å². The molecule has 0 unspecified atom stereocenters. The van der Waals surface area contributed by atoms with Gasteiger partial charge in [0, 0.05) is 42.9 Å². The number of likely N-dealkylation sites (tertiary alicyclic amines) is 1. The lowest BCUT2D eigenvalue weighted by Crippen LogP contribution is -2.49. The number of carbonyl (C=O) groups excluding carboxylic acids is 1. The standard InChI is InChI=1S/C23H19F3N2O3S/c24-23(25,26)31-17-5-3-15(4-6-17)18-7-8-20(29)28-12-14-10-16(21(18)28)13-27(11-14)22(30)19-2-1-9-32-19/h1-9,14,16H,10-13H2/t14-,16+/m0/s1. The Balaban J connectivity index is 1.49. The Labute approximate surface area is 185 Å². The Hall–Kier alpha value is -3.07. The summed E-state index contributed by atoms with van der Waals surface area (Å²) in [6, 6.07) is 12.5. The first-order valence-corrected chi connectivity index (χ1v) is 11.1. The van der Waals surface area contributed by atoms with Crippen molar-refractivity contribution >= 4 is 17.2 Å². The number of hydrogen-bond acceptors (Lipinski definition) is 4. The topological polar surface area (TPSA) is 51.5 Å². The number of piperidine rings is 1. The van der Waals surface area contributed by atoms with Gasteiger partial charge in [0.05, 0.1) is 4.88 Å². The van der Waals surface area contributed by atoms with Crippen LogP contribution in [-0.4, -0.2) is 34.8 Å². The molecule has 9 heteroatoms. The van der Waals surface area contributed by atoms with Crippen LogP contribution in [-0.2, 0) is 6.54 Å². The average molecular weight is 460 g/mol. The molecule has 5 rings (SSSR count). The lowest BCUT2D eigenvalue weighted by molar-refractivity contribution is -0.274. The van der Waals surface area contributed by atoms with Gasteiger partial charge in [-0.1, -0.05) is 18.2 Å². The molecule has 2 aromatic heterocycles. The maximum Gasteiger partial charge on any atom is 0.573 e. The molecule has 2 bridgehead atoms. The van der Waals surface area contributed by atoms with Gasteiger partial charge in [-0.05, 0) is 47.5 Å². The summed E-state index contributed by atoms with van der Waals surface area (Å²) in [5, 5.41) is 1.87. The number of fused-ring (bicyclic) bond motifs is 4. The van der Waals surface area contributed by atoms with Crippen LogP contribution in [0, 0.1) is 5.92 Å². The van der Waals surface area contributed by atoms with E-state index in [4.69, 9.17) is 0 Å². The molecule has 2 atom stereocenters. The molecule has 3 aromatic rings. The Morgan fingerprint density at radius 1 is 1.03 bits per heavy atom. The van der Waals surface area contributed by atoms with E-state index in [1.54, 1.807) is 22.8 Å². The van der Waals surface area contributed by atoms with Crippen molar-refractivity contribution in [2.75, 3.05) is 13.1 Å². The normalized spacial score (nSPS) is 20.0. The zero-order valence-corrected chi connectivity index (χ0v) is 17.7. The predicted octanol–water partition coefficient (Wildman–Crippen LogP) is 4.73. The smallest absolute Gasteiger partial charge is 0.406 e. The summed E-state index contributed by atoms with van der Waals surface area (Å²) < 4.78 is 43.2. The fourth-order valence-electron chi connectivity index (χ4n) is 4.82. The Morgan fingerprint density at radius 2 is 1.81 bits per heavy atom. The number of ether oxygens (including phenoxy) is 1. The van der Waals surface area contributed by atoms with Crippen LogP contribution in [0.2, 0.25) is 0 Å². The summed E-state index contributed by atoms with van der Waals surface area (Å²) in [7, 11) is 0. The first kappa shape index (κ1) is 20.8. The van der Waals surface area contributed by atoms with Crippen LogP contribution in [0.3, 0.4) is 0 Å². The van der Waals surface area contributed by atoms with E-state index in [1.165, 1.54) is 29.5 Å². The Bertz CT molecular complexity index is 1200. The molecule has 2 aliphatic heterocycles. The SMILES string of the molecule is O=C(c1cccs1)N1C[C@@H]2C[C@H](C1)c1c(-c3ccc(OC(F)(F)F)cc3)ccc(=O)n1C2. The molecule has 5 nitrogen and oxygen atoms in total. The second kappa shape index (κ2) is 7.81. The van der Waals surface area contributed by atoms with E-state index in [0.717, 1.165) is 17.7 Å². The van der Waals surface area contributed by atoms with E-state index >= 15 is 0 Å². The molecule has 1 saturated heterocycles. The van der Waals surface area contributed by atoms with Crippen LogP contribution in [0.25, 0.3) is 11.1 Å². The molecule has 0 aliphatic carbocycles. The van der Waals surface area contributed by atoms with Gasteiger partial charge in [-0.15, -0.1) is 24.5 Å². The highest BCUT2D eigenvalue weighted by Gasteiger charge is 2.38. The first-order valence-electron chi connectivity index (χ1n) is 10.2. The molecule has 0 saturated carbocycles. The summed E-state index contributed by atoms with van der Waals surface area (Å²) in [5.41, 5.74) is 2.22. The molecular weight excluding hydrogens is 441 g/mol. The number of benzene rings is 1. The largest absolute Gasteiger partial charge is 0.573 e. The van der Waals surface area contributed by atoms with Gasteiger partial charge in [-0.3, -0.25) is 9.59 Å². The van der Waals surface area contributed by atoms with Crippen LogP contribution in [0.1, 0.15) is 27.7 Å². The molecule has 0 radical (unpaired) electrons. The monoisotopic (exact) mass is 460 g/mol. The fraction of sp³-hybridized carbons (Fsp3) is 0.304. The van der Waals surface area contributed by atoms with Crippen LogP contribution in [0.15, 0.2) is 58.7 Å². The van der Waals surface area contributed by atoms with Crippen molar-refractivity contribution in [2.45, 2.75) is 25.2 Å². The first-order chi connectivity index (χ1) is 15.3. The average Bonchev–Trinajstić information content (AvgIpc) is 3.28. The van der Waals surface area contributed by atoms with Gasteiger partial charge in [0.15, 0.2) is 0 Å². The van der Waals surface area contributed by atoms with Crippen LogP contribution in [0.5, 0.6) is 5.75 Å². The summed E-state index contributed by atoms with van der Waals surface area (Å²) in [5.74, 6) is -0.146.